The standard InChI is InChI=1S/C16H20N2O7/c19-14-8-13(2-1-3-15(20)21)17(9-14)16(22)25-10-11-4-6-12(7-5-11)18(23)24/h4-7,13-14,19H,1-3,8-10H2,(H,20,21)/t13-,14-/m1/s1. The summed E-state index contributed by atoms with van der Waals surface area (Å²) in [5.74, 6) is -0.897. The number of hydrogen-bond donors (Lipinski definition) is 2. The summed E-state index contributed by atoms with van der Waals surface area (Å²) in [7, 11) is 0. The quantitative estimate of drug-likeness (QED) is 0.566. The van der Waals surface area contributed by atoms with Gasteiger partial charge in [-0.1, -0.05) is 0 Å². The SMILES string of the molecule is O=C(O)CCC[C@@H]1C[C@@H](O)CN1C(=O)OCc1ccc([N+](=O)[O-])cc1. The van der Waals surface area contributed by atoms with Crippen molar-refractivity contribution in [1.29, 1.82) is 0 Å². The zero-order chi connectivity index (χ0) is 18.4. The maximum Gasteiger partial charge on any atom is 0.410 e. The number of aliphatic hydroxyl groups excluding tert-OH is 1. The smallest absolute Gasteiger partial charge is 0.410 e. The number of aliphatic carboxylic acids is 1. The van der Waals surface area contributed by atoms with Crippen LogP contribution in [0.25, 0.3) is 0 Å². The van der Waals surface area contributed by atoms with E-state index in [2.05, 4.69) is 0 Å². The Hall–Kier alpha value is -2.68. The monoisotopic (exact) mass is 352 g/mol. The van der Waals surface area contributed by atoms with Gasteiger partial charge in [0, 0.05) is 24.6 Å². The molecule has 2 atom stereocenters. The zero-order valence-electron chi connectivity index (χ0n) is 13.5. The van der Waals surface area contributed by atoms with Gasteiger partial charge in [0.05, 0.1) is 17.6 Å². The molecule has 1 saturated heterocycles. The summed E-state index contributed by atoms with van der Waals surface area (Å²) in [6.07, 6.45) is 0.0660. The molecular weight excluding hydrogens is 332 g/mol. The predicted octanol–water partition coefficient (Wildman–Crippen LogP) is 1.92. The van der Waals surface area contributed by atoms with Crippen LogP contribution in [0.5, 0.6) is 0 Å². The first kappa shape index (κ1) is 18.7. The molecule has 25 heavy (non-hydrogen) atoms. The molecule has 1 aromatic carbocycles. The molecule has 136 valence electrons. The fourth-order valence-corrected chi connectivity index (χ4v) is 2.82. The van der Waals surface area contributed by atoms with Crippen molar-refractivity contribution in [2.24, 2.45) is 0 Å². The minimum Gasteiger partial charge on any atom is -0.481 e. The van der Waals surface area contributed by atoms with Crippen molar-refractivity contribution in [3.8, 4) is 0 Å². The van der Waals surface area contributed by atoms with Crippen LogP contribution in [0.4, 0.5) is 10.5 Å². The summed E-state index contributed by atoms with van der Waals surface area (Å²) >= 11 is 0. The lowest BCUT2D eigenvalue weighted by molar-refractivity contribution is -0.384. The minimum absolute atomic E-state index is 0.0122. The molecule has 2 N–H and O–H groups in total. The van der Waals surface area contributed by atoms with Crippen LogP contribution < -0.4 is 0 Å². The molecule has 0 radical (unpaired) electrons. The summed E-state index contributed by atoms with van der Waals surface area (Å²) in [4.78, 5) is 34.3. The summed E-state index contributed by atoms with van der Waals surface area (Å²) in [5, 5.41) is 29.0. The van der Waals surface area contributed by atoms with E-state index >= 15 is 0 Å². The fourth-order valence-electron chi connectivity index (χ4n) is 2.82. The average Bonchev–Trinajstić information content (AvgIpc) is 2.93. The predicted molar refractivity (Wildman–Crippen MR) is 85.9 cm³/mol. The Morgan fingerprint density at radius 2 is 2.00 bits per heavy atom. The third-order valence-electron chi connectivity index (χ3n) is 4.06. The van der Waals surface area contributed by atoms with E-state index in [-0.39, 0.29) is 31.3 Å². The number of hydrogen-bond acceptors (Lipinski definition) is 6. The van der Waals surface area contributed by atoms with Crippen LogP contribution in [-0.4, -0.2) is 50.8 Å². The van der Waals surface area contributed by atoms with E-state index < -0.39 is 23.1 Å². The topological polar surface area (TPSA) is 130 Å². The molecule has 0 aromatic heterocycles. The third-order valence-corrected chi connectivity index (χ3v) is 4.06. The number of carbonyl (C=O) groups is 2. The number of nitrogens with zero attached hydrogens (tertiary/aromatic N) is 2. The van der Waals surface area contributed by atoms with Gasteiger partial charge in [0.1, 0.15) is 6.61 Å². The number of carboxylic acid groups (broad SMARTS) is 1. The van der Waals surface area contributed by atoms with E-state index in [1.807, 2.05) is 0 Å². The molecule has 0 aliphatic carbocycles. The number of β-amino-alcohol motifs (C(OH)–C–C–N with tert-alkyl or cyclic N) is 1. The molecule has 1 aliphatic rings. The second kappa shape index (κ2) is 8.43. The van der Waals surface area contributed by atoms with Crippen molar-refractivity contribution in [2.75, 3.05) is 6.54 Å². The zero-order valence-corrected chi connectivity index (χ0v) is 13.5. The van der Waals surface area contributed by atoms with Crippen LogP contribution in [0.3, 0.4) is 0 Å². The normalized spacial score (nSPS) is 19.6. The lowest BCUT2D eigenvalue weighted by Gasteiger charge is -2.23. The van der Waals surface area contributed by atoms with Crippen molar-refractivity contribution in [3.05, 3.63) is 39.9 Å². The first-order chi connectivity index (χ1) is 11.9. The van der Waals surface area contributed by atoms with Gasteiger partial charge < -0.3 is 19.8 Å². The molecule has 9 heteroatoms. The highest BCUT2D eigenvalue weighted by Crippen LogP contribution is 2.24. The number of likely N-dealkylation sites (tertiary alicyclic amines) is 1. The second-order valence-electron chi connectivity index (χ2n) is 5.96. The van der Waals surface area contributed by atoms with Gasteiger partial charge in [-0.3, -0.25) is 14.9 Å². The molecule has 0 unspecified atom stereocenters. The van der Waals surface area contributed by atoms with Crippen LogP contribution in [0.2, 0.25) is 0 Å². The Bertz CT molecular complexity index is 632. The first-order valence-electron chi connectivity index (χ1n) is 7.93. The van der Waals surface area contributed by atoms with Gasteiger partial charge in [0.2, 0.25) is 0 Å². The molecule has 0 saturated carbocycles. The molecule has 1 aromatic rings. The Morgan fingerprint density at radius 1 is 1.32 bits per heavy atom. The number of non-ortho nitro benzene ring substituents is 1. The van der Waals surface area contributed by atoms with Crippen LogP contribution in [0.15, 0.2) is 24.3 Å². The van der Waals surface area contributed by atoms with Crippen molar-refractivity contribution >= 4 is 17.7 Å². The van der Waals surface area contributed by atoms with Gasteiger partial charge in [-0.25, -0.2) is 4.79 Å². The van der Waals surface area contributed by atoms with Crippen molar-refractivity contribution in [2.45, 2.75) is 44.4 Å². The van der Waals surface area contributed by atoms with E-state index in [9.17, 15) is 24.8 Å². The van der Waals surface area contributed by atoms with E-state index in [4.69, 9.17) is 9.84 Å². The molecular formula is C16H20N2O7. The Balaban J connectivity index is 1.87. The second-order valence-corrected chi connectivity index (χ2v) is 5.96. The first-order valence-corrected chi connectivity index (χ1v) is 7.93. The van der Waals surface area contributed by atoms with Gasteiger partial charge in [-0.05, 0) is 37.0 Å². The van der Waals surface area contributed by atoms with Gasteiger partial charge in [-0.15, -0.1) is 0 Å². The Morgan fingerprint density at radius 3 is 2.60 bits per heavy atom. The number of nitro benzene ring substituents is 1. The summed E-state index contributed by atoms with van der Waals surface area (Å²) < 4.78 is 5.21. The van der Waals surface area contributed by atoms with Crippen molar-refractivity contribution < 1.29 is 29.5 Å². The maximum absolute atomic E-state index is 12.2. The molecule has 1 amide bonds. The van der Waals surface area contributed by atoms with E-state index in [0.29, 0.717) is 24.8 Å². The number of aliphatic hydroxyl groups is 1. The van der Waals surface area contributed by atoms with Crippen molar-refractivity contribution in [1.82, 2.24) is 4.90 Å². The summed E-state index contributed by atoms with van der Waals surface area (Å²) in [5.41, 5.74) is 0.567. The van der Waals surface area contributed by atoms with Gasteiger partial charge in [-0.2, -0.15) is 0 Å². The summed E-state index contributed by atoms with van der Waals surface area (Å²) in [6, 6.07) is 5.43. The molecule has 2 rings (SSSR count). The molecule has 1 heterocycles. The van der Waals surface area contributed by atoms with Gasteiger partial charge in [0.25, 0.3) is 5.69 Å². The third kappa shape index (κ3) is 5.42. The van der Waals surface area contributed by atoms with Crippen LogP contribution >= 0.6 is 0 Å². The Kier molecular flexibility index (Phi) is 6.29. The molecule has 9 nitrogen and oxygen atoms in total. The lowest BCUT2D eigenvalue weighted by Crippen LogP contribution is -2.36. The highest BCUT2D eigenvalue weighted by molar-refractivity contribution is 5.69. The van der Waals surface area contributed by atoms with E-state index in [1.165, 1.54) is 29.2 Å². The largest absolute Gasteiger partial charge is 0.481 e. The Labute approximate surface area is 144 Å². The van der Waals surface area contributed by atoms with Gasteiger partial charge >= 0.3 is 12.1 Å². The molecule has 1 aliphatic heterocycles. The van der Waals surface area contributed by atoms with Crippen LogP contribution in [0.1, 0.15) is 31.2 Å². The van der Waals surface area contributed by atoms with Crippen molar-refractivity contribution in [3.63, 3.8) is 0 Å². The van der Waals surface area contributed by atoms with Crippen LogP contribution in [0, 0.1) is 10.1 Å². The number of nitro groups is 1. The number of amides is 1. The van der Waals surface area contributed by atoms with E-state index in [0.717, 1.165) is 0 Å². The number of ether oxygens (including phenoxy) is 1. The fraction of sp³-hybridized carbons (Fsp3) is 0.500. The molecule has 0 bridgehead atoms. The molecule has 1 fully saturated rings. The minimum atomic E-state index is -0.897. The molecule has 0 spiro atoms. The highest BCUT2D eigenvalue weighted by Gasteiger charge is 2.34. The average molecular weight is 352 g/mol. The number of carbonyl (C=O) groups excluding carboxylic acids is 1. The highest BCUT2D eigenvalue weighted by atomic mass is 16.6. The number of rotatable bonds is 7. The summed E-state index contributed by atoms with van der Waals surface area (Å²) in [6.45, 7) is 0.113. The van der Waals surface area contributed by atoms with Gasteiger partial charge in [0.15, 0.2) is 0 Å². The maximum atomic E-state index is 12.2. The van der Waals surface area contributed by atoms with E-state index in [1.54, 1.807) is 0 Å². The number of carboxylic acids is 1. The number of benzene rings is 1. The van der Waals surface area contributed by atoms with Crippen LogP contribution in [-0.2, 0) is 16.1 Å². The lowest BCUT2D eigenvalue weighted by atomic mass is 10.1.